The molecule has 0 atom stereocenters. The molecule has 1 heterocycles. The lowest BCUT2D eigenvalue weighted by Crippen LogP contribution is -2.31. The molecule has 14 heavy (non-hydrogen) atoms. The van der Waals surface area contributed by atoms with E-state index in [9.17, 15) is 4.79 Å². The van der Waals surface area contributed by atoms with E-state index >= 15 is 0 Å². The van der Waals surface area contributed by atoms with Crippen LogP contribution in [0.15, 0.2) is 0 Å². The summed E-state index contributed by atoms with van der Waals surface area (Å²) in [6.07, 6.45) is 1.44. The maximum absolute atomic E-state index is 11.6. The second-order valence-electron chi connectivity index (χ2n) is 3.02. The van der Waals surface area contributed by atoms with Crippen LogP contribution in [0.2, 0.25) is 0 Å². The van der Waals surface area contributed by atoms with Crippen LogP contribution in [0.3, 0.4) is 0 Å². The maximum atomic E-state index is 11.6. The van der Waals surface area contributed by atoms with Crippen molar-refractivity contribution in [1.82, 2.24) is 4.90 Å². The molecule has 5 heteroatoms. The van der Waals surface area contributed by atoms with Gasteiger partial charge in [-0.25, -0.2) is 0 Å². The summed E-state index contributed by atoms with van der Waals surface area (Å²) in [6, 6.07) is 0. The van der Waals surface area contributed by atoms with Crippen LogP contribution in [0.25, 0.3) is 0 Å². The summed E-state index contributed by atoms with van der Waals surface area (Å²) in [5.74, 6) is 1.02. The van der Waals surface area contributed by atoms with E-state index in [0.717, 1.165) is 25.3 Å². The molecular weight excluding hydrogens is 218 g/mol. The second kappa shape index (κ2) is 6.37. The predicted molar refractivity (Wildman–Crippen MR) is 62.5 cm³/mol. The average molecular weight is 233 g/mol. The molecule has 0 unspecified atom stereocenters. The van der Waals surface area contributed by atoms with Gasteiger partial charge in [0.15, 0.2) is 0 Å². The van der Waals surface area contributed by atoms with E-state index < -0.39 is 0 Å². The van der Waals surface area contributed by atoms with Crippen molar-refractivity contribution in [1.29, 1.82) is 0 Å². The monoisotopic (exact) mass is 233 g/mol. The van der Waals surface area contributed by atoms with Crippen LogP contribution in [0.4, 0.5) is 0 Å². The number of rotatable bonds is 5. The fourth-order valence-corrected chi connectivity index (χ4v) is 2.40. The average Bonchev–Trinajstić information content (AvgIpc) is 2.59. The van der Waals surface area contributed by atoms with Crippen molar-refractivity contribution in [3.8, 4) is 0 Å². The number of ether oxygens (including phenoxy) is 1. The summed E-state index contributed by atoms with van der Waals surface area (Å²) in [6.45, 7) is 4.05. The minimum absolute atomic E-state index is 0.0936. The smallest absolute Gasteiger partial charge is 0.230 e. The standard InChI is InChI=1S/C9H15NO2S2/c1-2-5-12-6-3-8(11)10-4-7-14-9(10)13/h2-7H2,1H3. The minimum atomic E-state index is 0.0936. The van der Waals surface area contributed by atoms with Gasteiger partial charge in [-0.15, -0.1) is 0 Å². The molecule has 0 N–H and O–H groups in total. The molecule has 0 bridgehead atoms. The summed E-state index contributed by atoms with van der Waals surface area (Å²) >= 11 is 6.62. The van der Waals surface area contributed by atoms with Gasteiger partial charge in [0.2, 0.25) is 5.91 Å². The molecule has 0 radical (unpaired) electrons. The zero-order valence-electron chi connectivity index (χ0n) is 8.32. The van der Waals surface area contributed by atoms with Crippen molar-refractivity contribution in [2.75, 3.05) is 25.5 Å². The van der Waals surface area contributed by atoms with Crippen molar-refractivity contribution in [3.05, 3.63) is 0 Å². The Kier molecular flexibility index (Phi) is 5.44. The number of thioether (sulfide) groups is 1. The first kappa shape index (κ1) is 11.9. The lowest BCUT2D eigenvalue weighted by Gasteiger charge is -2.14. The fourth-order valence-electron chi connectivity index (χ4n) is 1.16. The van der Waals surface area contributed by atoms with E-state index in [1.807, 2.05) is 6.92 Å². The summed E-state index contributed by atoms with van der Waals surface area (Å²) in [5, 5.41) is 0. The highest BCUT2D eigenvalue weighted by Crippen LogP contribution is 2.18. The topological polar surface area (TPSA) is 29.5 Å². The van der Waals surface area contributed by atoms with Gasteiger partial charge in [0.1, 0.15) is 4.32 Å². The molecule has 3 nitrogen and oxygen atoms in total. The van der Waals surface area contributed by atoms with Gasteiger partial charge in [0.05, 0.1) is 13.0 Å². The molecule has 0 aromatic carbocycles. The summed E-state index contributed by atoms with van der Waals surface area (Å²) in [7, 11) is 0. The molecule has 1 saturated heterocycles. The molecule has 1 aliphatic rings. The first-order chi connectivity index (χ1) is 6.75. The third-order valence-electron chi connectivity index (χ3n) is 1.87. The van der Waals surface area contributed by atoms with E-state index in [1.54, 1.807) is 16.7 Å². The van der Waals surface area contributed by atoms with Crippen LogP contribution in [-0.2, 0) is 9.53 Å². The van der Waals surface area contributed by atoms with Crippen LogP contribution < -0.4 is 0 Å². The highest BCUT2D eigenvalue weighted by molar-refractivity contribution is 8.23. The van der Waals surface area contributed by atoms with Crippen LogP contribution in [0.1, 0.15) is 19.8 Å². The number of thiocarbonyl (C=S) groups is 1. The third kappa shape index (κ3) is 3.55. The van der Waals surface area contributed by atoms with Crippen LogP contribution in [0, 0.1) is 0 Å². The van der Waals surface area contributed by atoms with Crippen molar-refractivity contribution in [3.63, 3.8) is 0 Å². The van der Waals surface area contributed by atoms with Crippen LogP contribution in [0.5, 0.6) is 0 Å². The Hall–Kier alpha value is -0.130. The SMILES string of the molecule is CCCOCCC(=O)N1CCSC1=S. The minimum Gasteiger partial charge on any atom is -0.381 e. The van der Waals surface area contributed by atoms with Crippen LogP contribution in [-0.4, -0.2) is 40.6 Å². The quantitative estimate of drug-likeness (QED) is 0.533. The highest BCUT2D eigenvalue weighted by Gasteiger charge is 2.23. The number of hydrogen-bond donors (Lipinski definition) is 0. The van der Waals surface area contributed by atoms with Crippen molar-refractivity contribution in [2.24, 2.45) is 0 Å². The molecule has 0 spiro atoms. The first-order valence-corrected chi connectivity index (χ1v) is 6.20. The van der Waals surface area contributed by atoms with E-state index in [4.69, 9.17) is 17.0 Å². The van der Waals surface area contributed by atoms with Gasteiger partial charge >= 0.3 is 0 Å². The molecule has 1 amide bonds. The molecule has 0 aromatic rings. The van der Waals surface area contributed by atoms with Gasteiger partial charge in [-0.1, -0.05) is 30.9 Å². The fraction of sp³-hybridized carbons (Fsp3) is 0.778. The zero-order valence-corrected chi connectivity index (χ0v) is 9.96. The number of nitrogens with zero attached hydrogens (tertiary/aromatic N) is 1. The van der Waals surface area contributed by atoms with E-state index in [2.05, 4.69) is 0 Å². The Morgan fingerprint density at radius 2 is 2.43 bits per heavy atom. The molecule has 1 fully saturated rings. The summed E-state index contributed by atoms with van der Waals surface area (Å²) in [5.41, 5.74) is 0. The molecule has 0 saturated carbocycles. The maximum Gasteiger partial charge on any atom is 0.230 e. The van der Waals surface area contributed by atoms with Gasteiger partial charge in [-0.2, -0.15) is 0 Å². The van der Waals surface area contributed by atoms with Crippen molar-refractivity contribution < 1.29 is 9.53 Å². The summed E-state index contributed by atoms with van der Waals surface area (Å²) in [4.78, 5) is 13.2. The Labute approximate surface area is 94.2 Å². The predicted octanol–water partition coefficient (Wildman–Crippen LogP) is 1.66. The summed E-state index contributed by atoms with van der Waals surface area (Å²) < 4.78 is 5.96. The van der Waals surface area contributed by atoms with E-state index in [-0.39, 0.29) is 5.91 Å². The second-order valence-corrected chi connectivity index (χ2v) is 4.75. The highest BCUT2D eigenvalue weighted by atomic mass is 32.2. The van der Waals surface area contributed by atoms with Gasteiger partial charge in [0, 0.05) is 18.9 Å². The van der Waals surface area contributed by atoms with Crippen molar-refractivity contribution in [2.45, 2.75) is 19.8 Å². The van der Waals surface area contributed by atoms with E-state index in [1.165, 1.54) is 0 Å². The Bertz CT molecular complexity index is 221. The van der Waals surface area contributed by atoms with Gasteiger partial charge < -0.3 is 4.74 Å². The zero-order chi connectivity index (χ0) is 10.4. The molecule has 0 aromatic heterocycles. The molecule has 1 aliphatic heterocycles. The van der Waals surface area contributed by atoms with Gasteiger partial charge in [0.25, 0.3) is 0 Å². The van der Waals surface area contributed by atoms with Crippen LogP contribution >= 0.6 is 24.0 Å². The Morgan fingerprint density at radius 1 is 1.64 bits per heavy atom. The normalized spacial score (nSPS) is 16.4. The number of carbonyl (C=O) groups excluding carboxylic acids is 1. The van der Waals surface area contributed by atoms with E-state index in [0.29, 0.717) is 17.3 Å². The Morgan fingerprint density at radius 3 is 3.00 bits per heavy atom. The Balaban J connectivity index is 2.18. The number of carbonyl (C=O) groups is 1. The lowest BCUT2D eigenvalue weighted by atomic mass is 10.4. The lowest BCUT2D eigenvalue weighted by molar-refractivity contribution is -0.127. The first-order valence-electron chi connectivity index (χ1n) is 4.80. The molecular formula is C9H15NO2S2. The third-order valence-corrected chi connectivity index (χ3v) is 3.30. The van der Waals surface area contributed by atoms with Gasteiger partial charge in [-0.05, 0) is 6.42 Å². The van der Waals surface area contributed by atoms with Gasteiger partial charge in [-0.3, -0.25) is 9.69 Å². The molecule has 80 valence electrons. The molecule has 1 rings (SSSR count). The molecule has 0 aliphatic carbocycles. The number of hydrogen-bond acceptors (Lipinski definition) is 4. The number of amides is 1. The largest absolute Gasteiger partial charge is 0.381 e. The van der Waals surface area contributed by atoms with Crippen molar-refractivity contribution >= 4 is 34.2 Å².